The van der Waals surface area contributed by atoms with Crippen LogP contribution in [-0.2, 0) is 10.4 Å². The van der Waals surface area contributed by atoms with Crippen molar-refractivity contribution < 1.29 is 17.5 Å². The summed E-state index contributed by atoms with van der Waals surface area (Å²) >= 11 is 0. The number of unbranched alkanes of at least 4 members (excludes halogenated alkanes) is 15. The molecule has 0 amide bonds. The van der Waals surface area contributed by atoms with E-state index >= 15 is 0 Å². The summed E-state index contributed by atoms with van der Waals surface area (Å²) in [6, 6.07) is 0. The summed E-state index contributed by atoms with van der Waals surface area (Å²) in [7, 11) is -4.67. The van der Waals surface area contributed by atoms with E-state index in [1.165, 1.54) is 103 Å². The maximum absolute atomic E-state index is 8.74. The molecular weight excluding hydrogens is 339 g/mol. The Hall–Kier alpha value is 0.402. The van der Waals surface area contributed by atoms with Crippen molar-refractivity contribution in [3.05, 3.63) is 0 Å². The monoisotopic (exact) mass is 382 g/mol. The van der Waals surface area contributed by atoms with E-state index in [1.807, 2.05) is 0 Å². The summed E-state index contributed by atoms with van der Waals surface area (Å²) in [5, 5.41) is 0. The smallest absolute Gasteiger partial charge is 0.264 e. The molecule has 4 nitrogen and oxygen atoms in total. The molecule has 0 heterocycles. The fraction of sp³-hybridized carbons (Fsp3) is 1.00. The first-order chi connectivity index (χ1) is 10.9. The second-order valence-corrected chi connectivity index (χ2v) is 7.29. The van der Waals surface area contributed by atoms with Gasteiger partial charge in [-0.25, -0.2) is 0 Å². The summed E-state index contributed by atoms with van der Waals surface area (Å²) in [5.74, 6) is 0. The van der Waals surface area contributed by atoms with Gasteiger partial charge in [0, 0.05) is 0 Å². The molecule has 24 heavy (non-hydrogen) atoms. The van der Waals surface area contributed by atoms with Crippen LogP contribution in [0, 0.1) is 0 Å². The standard InChI is InChI=1S/C18H38.Al.H2O4S.3H/c1-3-5-7-9-11-13-15-17-18-16-14-12-10-8-6-4-2;;1-5(2,3)4;;;/h3-18H2,1-2H3;;(H2,1,2,3,4);;;. The predicted octanol–water partition coefficient (Wildman–Crippen LogP) is 5.43. The van der Waals surface area contributed by atoms with E-state index in [9.17, 15) is 0 Å². The molecule has 0 aliphatic rings. The van der Waals surface area contributed by atoms with Crippen molar-refractivity contribution in [3.63, 3.8) is 0 Å². The van der Waals surface area contributed by atoms with E-state index in [0.717, 1.165) is 0 Å². The van der Waals surface area contributed by atoms with Crippen molar-refractivity contribution in [3.8, 4) is 0 Å². The second kappa shape index (κ2) is 23.4. The third kappa shape index (κ3) is 43.3. The number of hydrogen-bond acceptors (Lipinski definition) is 2. The van der Waals surface area contributed by atoms with E-state index in [0.29, 0.717) is 0 Å². The second-order valence-electron chi connectivity index (χ2n) is 6.40. The van der Waals surface area contributed by atoms with E-state index in [-0.39, 0.29) is 17.4 Å². The summed E-state index contributed by atoms with van der Waals surface area (Å²) in [6.45, 7) is 4.59. The van der Waals surface area contributed by atoms with Crippen molar-refractivity contribution in [2.24, 2.45) is 0 Å². The quantitative estimate of drug-likeness (QED) is 0.225. The van der Waals surface area contributed by atoms with E-state index in [2.05, 4.69) is 13.8 Å². The zero-order valence-corrected chi connectivity index (χ0v) is 16.2. The molecule has 0 saturated heterocycles. The van der Waals surface area contributed by atoms with Gasteiger partial charge in [-0.05, 0) is 0 Å². The summed E-state index contributed by atoms with van der Waals surface area (Å²) in [4.78, 5) is 0. The van der Waals surface area contributed by atoms with Crippen molar-refractivity contribution in [1.82, 2.24) is 0 Å². The van der Waals surface area contributed by atoms with Gasteiger partial charge >= 0.3 is 10.4 Å². The molecule has 0 radical (unpaired) electrons. The van der Waals surface area contributed by atoms with Gasteiger partial charge in [0.25, 0.3) is 0 Å². The van der Waals surface area contributed by atoms with E-state index in [1.54, 1.807) is 0 Å². The molecule has 0 aliphatic carbocycles. The Balaban J connectivity index is -0.000000639. The van der Waals surface area contributed by atoms with Gasteiger partial charge in [-0.15, -0.1) is 0 Å². The molecule has 0 spiro atoms. The third-order valence-corrected chi connectivity index (χ3v) is 3.96. The number of rotatable bonds is 15. The van der Waals surface area contributed by atoms with Gasteiger partial charge in [0.2, 0.25) is 0 Å². The van der Waals surface area contributed by atoms with Crippen molar-refractivity contribution >= 4 is 27.8 Å². The van der Waals surface area contributed by atoms with Crippen LogP contribution in [0.2, 0.25) is 0 Å². The molecule has 0 aromatic carbocycles. The van der Waals surface area contributed by atoms with Gasteiger partial charge < -0.3 is 0 Å². The molecule has 0 rings (SSSR count). The highest BCUT2D eigenvalue weighted by molar-refractivity contribution is 7.79. The van der Waals surface area contributed by atoms with E-state index < -0.39 is 10.4 Å². The molecule has 0 saturated carbocycles. The minimum Gasteiger partial charge on any atom is -0.264 e. The van der Waals surface area contributed by atoms with Crippen LogP contribution in [0.4, 0.5) is 0 Å². The lowest BCUT2D eigenvalue weighted by Gasteiger charge is -2.03. The Morgan fingerprint density at radius 1 is 0.500 bits per heavy atom. The first-order valence-corrected chi connectivity index (χ1v) is 11.0. The summed E-state index contributed by atoms with van der Waals surface area (Å²) < 4.78 is 31.6. The van der Waals surface area contributed by atoms with Gasteiger partial charge in [0.1, 0.15) is 0 Å². The Kier molecular flexibility index (Phi) is 28.4. The van der Waals surface area contributed by atoms with Gasteiger partial charge in [-0.2, -0.15) is 8.42 Å². The average Bonchev–Trinajstić information content (AvgIpc) is 2.46. The van der Waals surface area contributed by atoms with Crippen molar-refractivity contribution in [2.45, 2.75) is 117 Å². The van der Waals surface area contributed by atoms with Crippen molar-refractivity contribution in [2.75, 3.05) is 0 Å². The minimum absolute atomic E-state index is 0. The molecule has 148 valence electrons. The molecule has 0 aromatic heterocycles. The SMILES string of the molecule is CCCCCCCCCCCCCCCCCC.O=S(=O)(O)O.[AlH3]. The Bertz CT molecular complexity index is 284. The highest BCUT2D eigenvalue weighted by Crippen LogP contribution is 2.13. The molecule has 0 bridgehead atoms. The highest BCUT2D eigenvalue weighted by Gasteiger charge is 1.93. The molecule has 0 unspecified atom stereocenters. The fourth-order valence-electron chi connectivity index (χ4n) is 2.62. The molecule has 0 aliphatic heterocycles. The zero-order chi connectivity index (χ0) is 17.8. The normalized spacial score (nSPS) is 10.7. The van der Waals surface area contributed by atoms with Crippen molar-refractivity contribution in [1.29, 1.82) is 0 Å². The van der Waals surface area contributed by atoms with Crippen LogP contribution in [0.15, 0.2) is 0 Å². The molecule has 0 atom stereocenters. The number of hydrogen-bond donors (Lipinski definition) is 2. The first-order valence-electron chi connectivity index (χ1n) is 9.61. The Labute approximate surface area is 161 Å². The maximum Gasteiger partial charge on any atom is 0.394 e. The average molecular weight is 383 g/mol. The molecule has 6 heteroatoms. The molecule has 2 N–H and O–H groups in total. The van der Waals surface area contributed by atoms with E-state index in [4.69, 9.17) is 17.5 Å². The van der Waals surface area contributed by atoms with Crippen LogP contribution >= 0.6 is 0 Å². The zero-order valence-electron chi connectivity index (χ0n) is 15.4. The predicted molar refractivity (Wildman–Crippen MR) is 109 cm³/mol. The van der Waals surface area contributed by atoms with Gasteiger partial charge in [0.05, 0.1) is 0 Å². The molecule has 0 fully saturated rings. The maximum atomic E-state index is 8.74. The van der Waals surface area contributed by atoms with Gasteiger partial charge in [0.15, 0.2) is 17.4 Å². The first kappa shape index (κ1) is 29.2. The topological polar surface area (TPSA) is 74.6 Å². The third-order valence-electron chi connectivity index (χ3n) is 3.96. The largest absolute Gasteiger partial charge is 0.394 e. The van der Waals surface area contributed by atoms with Crippen LogP contribution in [0.25, 0.3) is 0 Å². The lowest BCUT2D eigenvalue weighted by atomic mass is 10.0. The highest BCUT2D eigenvalue weighted by atomic mass is 32.3. The summed E-state index contributed by atoms with van der Waals surface area (Å²) in [5.41, 5.74) is 0. The van der Waals surface area contributed by atoms with Gasteiger partial charge in [-0.1, -0.05) is 117 Å². The fourth-order valence-corrected chi connectivity index (χ4v) is 2.62. The van der Waals surface area contributed by atoms with Crippen LogP contribution in [0.1, 0.15) is 117 Å². The molecule has 0 aromatic rings. The van der Waals surface area contributed by atoms with Crippen LogP contribution in [0.3, 0.4) is 0 Å². The van der Waals surface area contributed by atoms with Crippen LogP contribution < -0.4 is 0 Å². The molecular formula is C18H43AlO4S. The van der Waals surface area contributed by atoms with Crippen LogP contribution in [-0.4, -0.2) is 34.9 Å². The lowest BCUT2D eigenvalue weighted by Crippen LogP contribution is -1.89. The minimum atomic E-state index is -4.67. The Morgan fingerprint density at radius 3 is 0.750 bits per heavy atom. The summed E-state index contributed by atoms with van der Waals surface area (Å²) in [6.07, 6.45) is 23.4. The lowest BCUT2D eigenvalue weighted by molar-refractivity contribution is 0.381. The Morgan fingerprint density at radius 2 is 0.625 bits per heavy atom. The van der Waals surface area contributed by atoms with Crippen LogP contribution in [0.5, 0.6) is 0 Å². The van der Waals surface area contributed by atoms with Gasteiger partial charge in [-0.3, -0.25) is 9.11 Å².